The van der Waals surface area contributed by atoms with E-state index in [0.29, 0.717) is 22.2 Å². The monoisotopic (exact) mass is 380 g/mol. The highest BCUT2D eigenvalue weighted by Gasteiger charge is 2.32. The predicted octanol–water partition coefficient (Wildman–Crippen LogP) is 3.74. The van der Waals surface area contributed by atoms with Crippen LogP contribution in [-0.4, -0.2) is 45.6 Å². The van der Waals surface area contributed by atoms with Crippen molar-refractivity contribution >= 4 is 57.5 Å². The molecule has 2 aliphatic heterocycles. The van der Waals surface area contributed by atoms with E-state index in [1.54, 1.807) is 16.2 Å². The minimum Gasteiger partial charge on any atom is -0.343 e. The number of nitrogens with zero attached hydrogens (tertiary/aromatic N) is 2. The number of carbonyl (C=O) groups is 2. The molecule has 3 rings (SSSR count). The van der Waals surface area contributed by atoms with Crippen molar-refractivity contribution in [3.05, 3.63) is 27.3 Å². The molecular weight excluding hydrogens is 360 g/mol. The minimum atomic E-state index is -0.0814. The second-order valence-corrected chi connectivity index (χ2v) is 8.55. The summed E-state index contributed by atoms with van der Waals surface area (Å²) in [5.41, 5.74) is 0. The van der Waals surface area contributed by atoms with Crippen LogP contribution in [0.25, 0.3) is 6.08 Å². The molecule has 0 aliphatic carbocycles. The molecule has 2 fully saturated rings. The minimum absolute atomic E-state index is 0.0814. The molecule has 0 atom stereocenters. The van der Waals surface area contributed by atoms with Gasteiger partial charge in [0.2, 0.25) is 5.91 Å². The number of hydrogen-bond donors (Lipinski definition) is 0. The Hall–Kier alpha value is -1.18. The van der Waals surface area contributed by atoms with Gasteiger partial charge in [-0.1, -0.05) is 42.9 Å². The van der Waals surface area contributed by atoms with E-state index in [0.717, 1.165) is 30.8 Å². The zero-order valence-corrected chi connectivity index (χ0v) is 15.9. The fourth-order valence-electron chi connectivity index (χ4n) is 2.88. The lowest BCUT2D eigenvalue weighted by molar-refractivity contribution is -0.131. The van der Waals surface area contributed by atoms with Gasteiger partial charge >= 0.3 is 0 Å². The first-order valence-electron chi connectivity index (χ1n) is 8.22. The summed E-state index contributed by atoms with van der Waals surface area (Å²) in [7, 11) is 0. The number of thioether (sulfide) groups is 1. The van der Waals surface area contributed by atoms with Crippen LogP contribution in [0.4, 0.5) is 0 Å². The molecule has 2 aliphatic rings. The van der Waals surface area contributed by atoms with Gasteiger partial charge < -0.3 is 4.90 Å². The van der Waals surface area contributed by atoms with Gasteiger partial charge in [-0.25, -0.2) is 0 Å². The SMILES string of the molecule is O=C(CCN1C(=O)/C(=C/c2cccs2)SC1=S)N1CCCCCC1. The van der Waals surface area contributed by atoms with Crippen molar-refractivity contribution in [2.75, 3.05) is 19.6 Å². The smallest absolute Gasteiger partial charge is 0.266 e. The van der Waals surface area contributed by atoms with Crippen LogP contribution in [0.3, 0.4) is 0 Å². The fourth-order valence-corrected chi connectivity index (χ4v) is 4.91. The van der Waals surface area contributed by atoms with Crippen LogP contribution in [-0.2, 0) is 9.59 Å². The van der Waals surface area contributed by atoms with Crippen LogP contribution in [0, 0.1) is 0 Å². The van der Waals surface area contributed by atoms with Crippen molar-refractivity contribution < 1.29 is 9.59 Å². The van der Waals surface area contributed by atoms with Crippen molar-refractivity contribution in [1.82, 2.24) is 9.80 Å². The number of carbonyl (C=O) groups excluding carboxylic acids is 2. The number of likely N-dealkylation sites (tertiary alicyclic amines) is 1. The standard InChI is InChI=1S/C17H20N2O2S3/c20-15(18-8-3-1-2-4-9-18)7-10-19-16(21)14(24-17(19)22)12-13-6-5-11-23-13/h5-6,11-12H,1-4,7-10H2/b14-12-. The van der Waals surface area contributed by atoms with Crippen LogP contribution in [0.1, 0.15) is 37.0 Å². The largest absolute Gasteiger partial charge is 0.343 e. The van der Waals surface area contributed by atoms with Crippen molar-refractivity contribution in [2.24, 2.45) is 0 Å². The number of rotatable bonds is 4. The molecule has 0 aromatic carbocycles. The van der Waals surface area contributed by atoms with Gasteiger partial charge in [0.25, 0.3) is 5.91 Å². The van der Waals surface area contributed by atoms with Gasteiger partial charge in [0, 0.05) is 30.9 Å². The topological polar surface area (TPSA) is 40.6 Å². The highest BCUT2D eigenvalue weighted by Crippen LogP contribution is 2.33. The molecule has 24 heavy (non-hydrogen) atoms. The van der Waals surface area contributed by atoms with Crippen molar-refractivity contribution in [3.63, 3.8) is 0 Å². The van der Waals surface area contributed by atoms with Crippen molar-refractivity contribution in [2.45, 2.75) is 32.1 Å². The predicted molar refractivity (Wildman–Crippen MR) is 104 cm³/mol. The molecule has 0 radical (unpaired) electrons. The van der Waals surface area contributed by atoms with Crippen LogP contribution in [0.15, 0.2) is 22.4 Å². The van der Waals surface area contributed by atoms with Crippen LogP contribution < -0.4 is 0 Å². The first kappa shape index (κ1) is 17.6. The number of amides is 2. The third-order valence-electron chi connectivity index (χ3n) is 4.20. The third-order valence-corrected chi connectivity index (χ3v) is 6.40. The highest BCUT2D eigenvalue weighted by molar-refractivity contribution is 8.26. The maximum atomic E-state index is 12.5. The number of thiocarbonyl (C=S) groups is 1. The quantitative estimate of drug-likeness (QED) is 0.589. The Labute approximate surface area is 155 Å². The molecule has 0 N–H and O–H groups in total. The van der Waals surface area contributed by atoms with E-state index in [1.165, 1.54) is 24.6 Å². The lowest BCUT2D eigenvalue weighted by Crippen LogP contribution is -2.36. The maximum absolute atomic E-state index is 12.5. The summed E-state index contributed by atoms with van der Waals surface area (Å²) in [5, 5.41) is 1.98. The molecule has 1 aromatic rings. The Bertz CT molecular complexity index is 647. The molecule has 0 saturated carbocycles. The van der Waals surface area contributed by atoms with Gasteiger partial charge in [-0.2, -0.15) is 0 Å². The summed E-state index contributed by atoms with van der Waals surface area (Å²) in [6.45, 7) is 2.06. The highest BCUT2D eigenvalue weighted by atomic mass is 32.2. The normalized spacial score (nSPS) is 20.8. The zero-order valence-electron chi connectivity index (χ0n) is 13.4. The second kappa shape index (κ2) is 8.27. The Morgan fingerprint density at radius 3 is 2.67 bits per heavy atom. The van der Waals surface area contributed by atoms with Crippen molar-refractivity contribution in [1.29, 1.82) is 0 Å². The van der Waals surface area contributed by atoms with Crippen LogP contribution in [0.5, 0.6) is 0 Å². The van der Waals surface area contributed by atoms with E-state index >= 15 is 0 Å². The molecule has 128 valence electrons. The van der Waals surface area contributed by atoms with E-state index < -0.39 is 0 Å². The molecular formula is C17H20N2O2S3. The Balaban J connectivity index is 1.58. The lowest BCUT2D eigenvalue weighted by atomic mass is 10.2. The summed E-state index contributed by atoms with van der Waals surface area (Å²) >= 11 is 8.24. The van der Waals surface area contributed by atoms with Gasteiger partial charge in [-0.05, 0) is 30.4 Å². The zero-order chi connectivity index (χ0) is 16.9. The fraction of sp³-hybridized carbons (Fsp3) is 0.471. The summed E-state index contributed by atoms with van der Waals surface area (Å²) in [4.78, 5) is 30.1. The first-order valence-corrected chi connectivity index (χ1v) is 10.3. The average molecular weight is 381 g/mol. The summed E-state index contributed by atoms with van der Waals surface area (Å²) in [5.74, 6) is 0.0512. The van der Waals surface area contributed by atoms with Gasteiger partial charge in [0.1, 0.15) is 4.32 Å². The number of thiophene rings is 1. The molecule has 2 saturated heterocycles. The first-order chi connectivity index (χ1) is 11.6. The average Bonchev–Trinajstić information content (AvgIpc) is 3.05. The summed E-state index contributed by atoms with van der Waals surface area (Å²) in [6.07, 6.45) is 6.78. The number of hydrogen-bond acceptors (Lipinski definition) is 5. The van der Waals surface area contributed by atoms with E-state index in [2.05, 4.69) is 0 Å². The van der Waals surface area contributed by atoms with E-state index in [4.69, 9.17) is 12.2 Å². The van der Waals surface area contributed by atoms with Crippen LogP contribution in [0.2, 0.25) is 0 Å². The van der Waals surface area contributed by atoms with E-state index in [9.17, 15) is 9.59 Å². The van der Waals surface area contributed by atoms with Gasteiger partial charge in [-0.15, -0.1) is 11.3 Å². The Kier molecular flexibility index (Phi) is 6.08. The molecule has 1 aromatic heterocycles. The van der Waals surface area contributed by atoms with E-state index in [-0.39, 0.29) is 11.8 Å². The van der Waals surface area contributed by atoms with Gasteiger partial charge in [0.05, 0.1) is 4.91 Å². The molecule has 0 unspecified atom stereocenters. The maximum Gasteiger partial charge on any atom is 0.266 e. The summed E-state index contributed by atoms with van der Waals surface area (Å²) < 4.78 is 0.548. The third kappa shape index (κ3) is 4.26. The molecule has 2 amide bonds. The second-order valence-electron chi connectivity index (χ2n) is 5.89. The molecule has 3 heterocycles. The summed E-state index contributed by atoms with van der Waals surface area (Å²) in [6, 6.07) is 3.93. The van der Waals surface area contributed by atoms with Gasteiger partial charge in [0.15, 0.2) is 0 Å². The lowest BCUT2D eigenvalue weighted by Gasteiger charge is -2.22. The van der Waals surface area contributed by atoms with Crippen molar-refractivity contribution in [3.8, 4) is 0 Å². The Morgan fingerprint density at radius 2 is 2.00 bits per heavy atom. The van der Waals surface area contributed by atoms with E-state index in [1.807, 2.05) is 28.5 Å². The molecule has 0 spiro atoms. The Morgan fingerprint density at radius 1 is 1.25 bits per heavy atom. The molecule has 7 heteroatoms. The molecule has 4 nitrogen and oxygen atoms in total. The molecule has 0 bridgehead atoms. The van der Waals surface area contributed by atoms with Gasteiger partial charge in [-0.3, -0.25) is 14.5 Å². The van der Waals surface area contributed by atoms with Crippen LogP contribution >= 0.6 is 35.3 Å².